The first-order valence-electron chi connectivity index (χ1n) is 8.52. The van der Waals surface area contributed by atoms with Crippen LogP contribution in [0.15, 0.2) is 79.0 Å². The summed E-state index contributed by atoms with van der Waals surface area (Å²) < 4.78 is 11.0. The lowest BCUT2D eigenvalue weighted by molar-refractivity contribution is 0.102. The van der Waals surface area contributed by atoms with Crippen LogP contribution in [0.5, 0.6) is 17.2 Å². The fourth-order valence-electron chi connectivity index (χ4n) is 2.81. The van der Waals surface area contributed by atoms with E-state index >= 15 is 0 Å². The van der Waals surface area contributed by atoms with E-state index in [1.807, 2.05) is 36.5 Å². The second kappa shape index (κ2) is 7.25. The van der Waals surface area contributed by atoms with E-state index in [1.165, 1.54) is 0 Å². The number of H-pyrrole nitrogens is 1. The van der Waals surface area contributed by atoms with Gasteiger partial charge in [0.25, 0.3) is 5.91 Å². The van der Waals surface area contributed by atoms with E-state index in [0.717, 1.165) is 22.4 Å². The number of carbonyl (C=O) groups is 1. The highest BCUT2D eigenvalue weighted by Gasteiger charge is 2.08. The summed E-state index contributed by atoms with van der Waals surface area (Å²) in [6.07, 6.45) is 1.89. The number of fused-ring (bicyclic) bond motifs is 1. The molecule has 4 aromatic rings. The lowest BCUT2D eigenvalue weighted by Gasteiger charge is -2.09. The number of anilines is 1. The van der Waals surface area contributed by atoms with Crippen molar-refractivity contribution in [1.29, 1.82) is 0 Å². The van der Waals surface area contributed by atoms with Gasteiger partial charge in [0, 0.05) is 28.4 Å². The minimum atomic E-state index is -0.202. The van der Waals surface area contributed by atoms with E-state index in [4.69, 9.17) is 9.47 Å². The van der Waals surface area contributed by atoms with Gasteiger partial charge in [-0.25, -0.2) is 0 Å². The maximum absolute atomic E-state index is 12.5. The molecule has 0 aliphatic rings. The van der Waals surface area contributed by atoms with Gasteiger partial charge in [0.05, 0.1) is 7.11 Å². The van der Waals surface area contributed by atoms with Crippen LogP contribution >= 0.6 is 0 Å². The zero-order valence-corrected chi connectivity index (χ0v) is 14.7. The first kappa shape index (κ1) is 16.7. The highest BCUT2D eigenvalue weighted by atomic mass is 16.5. The van der Waals surface area contributed by atoms with E-state index in [2.05, 4.69) is 10.3 Å². The zero-order chi connectivity index (χ0) is 18.6. The molecule has 0 unspecified atom stereocenters. The molecule has 3 aromatic carbocycles. The Hall–Kier alpha value is -3.73. The molecule has 4 rings (SSSR count). The van der Waals surface area contributed by atoms with Gasteiger partial charge in [-0.05, 0) is 66.7 Å². The third-order valence-corrected chi connectivity index (χ3v) is 4.20. The van der Waals surface area contributed by atoms with E-state index in [-0.39, 0.29) is 5.91 Å². The Morgan fingerprint density at radius 1 is 0.889 bits per heavy atom. The standard InChI is InChI=1S/C22H18N2O3/c1-26-18-7-5-17(6-8-18)24-22(25)16-3-2-4-19(14-16)27-20-9-10-21-15(13-20)11-12-23-21/h2-14,23H,1H3,(H,24,25). The lowest BCUT2D eigenvalue weighted by Crippen LogP contribution is -2.11. The first-order valence-corrected chi connectivity index (χ1v) is 8.52. The van der Waals surface area contributed by atoms with Crippen LogP contribution in [0, 0.1) is 0 Å². The first-order chi connectivity index (χ1) is 13.2. The number of amides is 1. The predicted octanol–water partition coefficient (Wildman–Crippen LogP) is 5.22. The summed E-state index contributed by atoms with van der Waals surface area (Å²) in [5, 5.41) is 3.94. The summed E-state index contributed by atoms with van der Waals surface area (Å²) in [7, 11) is 1.60. The number of benzene rings is 3. The lowest BCUT2D eigenvalue weighted by atomic mass is 10.2. The number of aromatic amines is 1. The van der Waals surface area contributed by atoms with Crippen LogP contribution in [0.4, 0.5) is 5.69 Å². The second-order valence-corrected chi connectivity index (χ2v) is 6.04. The molecule has 5 nitrogen and oxygen atoms in total. The van der Waals surface area contributed by atoms with Crippen LogP contribution in [-0.4, -0.2) is 18.0 Å². The molecule has 1 heterocycles. The number of nitrogens with one attached hydrogen (secondary N) is 2. The van der Waals surface area contributed by atoms with E-state index in [1.54, 1.807) is 49.6 Å². The summed E-state index contributed by atoms with van der Waals surface area (Å²) >= 11 is 0. The molecule has 0 spiro atoms. The number of aromatic nitrogens is 1. The normalized spacial score (nSPS) is 10.6. The SMILES string of the molecule is COc1ccc(NC(=O)c2cccc(Oc3ccc4[nH]ccc4c3)c2)cc1. The average Bonchev–Trinajstić information content (AvgIpc) is 3.16. The minimum Gasteiger partial charge on any atom is -0.497 e. The van der Waals surface area contributed by atoms with Crippen molar-refractivity contribution in [3.05, 3.63) is 84.6 Å². The molecule has 0 saturated heterocycles. The Morgan fingerprint density at radius 3 is 2.48 bits per heavy atom. The number of rotatable bonds is 5. The molecule has 134 valence electrons. The van der Waals surface area contributed by atoms with Gasteiger partial charge < -0.3 is 19.8 Å². The van der Waals surface area contributed by atoms with Gasteiger partial charge in [0.1, 0.15) is 17.2 Å². The molecule has 1 amide bonds. The second-order valence-electron chi connectivity index (χ2n) is 6.04. The van der Waals surface area contributed by atoms with Crippen molar-refractivity contribution in [2.45, 2.75) is 0 Å². The molecule has 0 saturated carbocycles. The van der Waals surface area contributed by atoms with E-state index in [9.17, 15) is 4.79 Å². The fourth-order valence-corrected chi connectivity index (χ4v) is 2.81. The molecule has 0 aliphatic heterocycles. The maximum atomic E-state index is 12.5. The Kier molecular flexibility index (Phi) is 4.49. The molecule has 27 heavy (non-hydrogen) atoms. The van der Waals surface area contributed by atoms with Crippen molar-refractivity contribution >= 4 is 22.5 Å². The Labute approximate surface area is 156 Å². The quantitative estimate of drug-likeness (QED) is 0.514. The Morgan fingerprint density at radius 2 is 1.67 bits per heavy atom. The number of carbonyl (C=O) groups excluding carboxylic acids is 1. The van der Waals surface area contributed by atoms with Crippen LogP contribution in [0.2, 0.25) is 0 Å². The summed E-state index contributed by atoms with van der Waals surface area (Å²) in [4.78, 5) is 15.7. The third kappa shape index (κ3) is 3.77. The van der Waals surface area contributed by atoms with Gasteiger partial charge in [-0.2, -0.15) is 0 Å². The highest BCUT2D eigenvalue weighted by Crippen LogP contribution is 2.26. The molecule has 0 fully saturated rings. The molecule has 0 radical (unpaired) electrons. The van der Waals surface area contributed by atoms with Crippen molar-refractivity contribution in [3.8, 4) is 17.2 Å². The van der Waals surface area contributed by atoms with Gasteiger partial charge in [-0.1, -0.05) is 6.07 Å². The fraction of sp³-hybridized carbons (Fsp3) is 0.0455. The molecule has 2 N–H and O–H groups in total. The van der Waals surface area contributed by atoms with Crippen molar-refractivity contribution < 1.29 is 14.3 Å². The summed E-state index contributed by atoms with van der Waals surface area (Å²) in [6.45, 7) is 0. The zero-order valence-electron chi connectivity index (χ0n) is 14.7. The van der Waals surface area contributed by atoms with Crippen molar-refractivity contribution in [2.75, 3.05) is 12.4 Å². The molecule has 5 heteroatoms. The van der Waals surface area contributed by atoms with Gasteiger partial charge in [-0.3, -0.25) is 4.79 Å². The minimum absolute atomic E-state index is 0.202. The average molecular weight is 358 g/mol. The van der Waals surface area contributed by atoms with Gasteiger partial charge in [-0.15, -0.1) is 0 Å². The van der Waals surface area contributed by atoms with E-state index < -0.39 is 0 Å². The number of hydrogen-bond donors (Lipinski definition) is 2. The van der Waals surface area contributed by atoms with Crippen molar-refractivity contribution in [2.24, 2.45) is 0 Å². The molecule has 0 bridgehead atoms. The van der Waals surface area contributed by atoms with Gasteiger partial charge >= 0.3 is 0 Å². The van der Waals surface area contributed by atoms with Crippen LogP contribution in [0.25, 0.3) is 10.9 Å². The Bertz CT molecular complexity index is 1080. The summed E-state index contributed by atoms with van der Waals surface area (Å²) in [5.74, 6) is 1.86. The molecular weight excluding hydrogens is 340 g/mol. The van der Waals surface area contributed by atoms with Crippen LogP contribution in [-0.2, 0) is 0 Å². The van der Waals surface area contributed by atoms with Gasteiger partial charge in [0.15, 0.2) is 0 Å². The number of hydrogen-bond acceptors (Lipinski definition) is 3. The van der Waals surface area contributed by atoms with Crippen molar-refractivity contribution in [3.63, 3.8) is 0 Å². The monoisotopic (exact) mass is 358 g/mol. The van der Waals surface area contributed by atoms with E-state index in [0.29, 0.717) is 17.0 Å². The smallest absolute Gasteiger partial charge is 0.255 e. The topological polar surface area (TPSA) is 63.4 Å². The van der Waals surface area contributed by atoms with Crippen LogP contribution in [0.3, 0.4) is 0 Å². The van der Waals surface area contributed by atoms with Gasteiger partial charge in [0.2, 0.25) is 0 Å². The maximum Gasteiger partial charge on any atom is 0.255 e. The number of methoxy groups -OCH3 is 1. The van der Waals surface area contributed by atoms with Crippen molar-refractivity contribution in [1.82, 2.24) is 4.98 Å². The molecule has 1 aromatic heterocycles. The van der Waals surface area contributed by atoms with Crippen LogP contribution < -0.4 is 14.8 Å². The highest BCUT2D eigenvalue weighted by molar-refractivity contribution is 6.04. The summed E-state index contributed by atoms with van der Waals surface area (Å²) in [5.41, 5.74) is 2.27. The van der Waals surface area contributed by atoms with Crippen LogP contribution in [0.1, 0.15) is 10.4 Å². The Balaban J connectivity index is 1.49. The third-order valence-electron chi connectivity index (χ3n) is 4.20. The molecule has 0 atom stereocenters. The molecule has 0 aliphatic carbocycles. The largest absolute Gasteiger partial charge is 0.497 e. The summed E-state index contributed by atoms with van der Waals surface area (Å²) in [6, 6.07) is 22.1. The predicted molar refractivity (Wildman–Crippen MR) is 106 cm³/mol. The molecular formula is C22H18N2O3. The number of ether oxygens (including phenoxy) is 2.